The standard InChI is InChI=1S/C13H9N2O.Pt/c1-2-4-10(5-3-1)11-6-7-14-13(11)12-8-16-9-15-12;/h1-9H;/q-1;. The molecule has 0 N–H and O–H groups in total. The van der Waals surface area contributed by atoms with Gasteiger partial charge in [-0.2, -0.15) is 6.20 Å². The number of oxazole rings is 1. The van der Waals surface area contributed by atoms with Gasteiger partial charge in [-0.3, -0.25) is 0 Å². The van der Waals surface area contributed by atoms with E-state index in [4.69, 9.17) is 4.42 Å². The zero-order chi connectivity index (χ0) is 10.8. The van der Waals surface area contributed by atoms with Crippen LogP contribution in [0.4, 0.5) is 0 Å². The number of hydrogen-bond acceptors (Lipinski definition) is 2. The van der Waals surface area contributed by atoms with Crippen LogP contribution in [0.3, 0.4) is 0 Å². The van der Waals surface area contributed by atoms with E-state index in [1.807, 2.05) is 24.3 Å². The van der Waals surface area contributed by atoms with Gasteiger partial charge in [0.05, 0.1) is 5.69 Å². The monoisotopic (exact) mass is 404 g/mol. The summed E-state index contributed by atoms with van der Waals surface area (Å²) in [6.07, 6.45) is 4.81. The van der Waals surface area contributed by atoms with Crippen LogP contribution in [0.5, 0.6) is 0 Å². The van der Waals surface area contributed by atoms with Gasteiger partial charge in [0, 0.05) is 21.1 Å². The van der Waals surface area contributed by atoms with Crippen LogP contribution >= 0.6 is 0 Å². The maximum absolute atomic E-state index is 4.98. The third-order valence-electron chi connectivity index (χ3n) is 2.46. The quantitative estimate of drug-likeness (QED) is 0.660. The third kappa shape index (κ3) is 2.25. The van der Waals surface area contributed by atoms with Crippen molar-refractivity contribution in [1.29, 1.82) is 0 Å². The maximum Gasteiger partial charge on any atom is 0.180 e. The summed E-state index contributed by atoms with van der Waals surface area (Å²) in [5, 5.41) is 0. The molecule has 0 fully saturated rings. The van der Waals surface area contributed by atoms with E-state index in [9.17, 15) is 0 Å². The summed E-state index contributed by atoms with van der Waals surface area (Å²) in [6.45, 7) is 0. The van der Waals surface area contributed by atoms with Crippen molar-refractivity contribution < 1.29 is 25.5 Å². The molecule has 0 atom stereocenters. The molecule has 2 aromatic heterocycles. The molecule has 0 spiro atoms. The van der Waals surface area contributed by atoms with Crippen molar-refractivity contribution in [3.63, 3.8) is 0 Å². The van der Waals surface area contributed by atoms with Crippen LogP contribution in [0.1, 0.15) is 0 Å². The number of benzene rings is 1. The molecule has 3 aromatic rings. The minimum atomic E-state index is 0. The van der Waals surface area contributed by atoms with Crippen molar-refractivity contribution >= 4 is 0 Å². The Morgan fingerprint density at radius 1 is 1.06 bits per heavy atom. The van der Waals surface area contributed by atoms with Crippen LogP contribution in [0, 0.1) is 0 Å². The molecular weight excluding hydrogens is 395 g/mol. The van der Waals surface area contributed by atoms with Gasteiger partial charge >= 0.3 is 0 Å². The van der Waals surface area contributed by atoms with Gasteiger partial charge < -0.3 is 9.40 Å². The summed E-state index contributed by atoms with van der Waals surface area (Å²) < 4.78 is 4.98. The first-order chi connectivity index (χ1) is 7.95. The molecule has 3 nitrogen and oxygen atoms in total. The molecule has 0 aliphatic carbocycles. The van der Waals surface area contributed by atoms with Gasteiger partial charge in [-0.1, -0.05) is 42.1 Å². The van der Waals surface area contributed by atoms with E-state index in [0.29, 0.717) is 0 Å². The van der Waals surface area contributed by atoms with Gasteiger partial charge in [-0.25, -0.2) is 4.98 Å². The minimum Gasteiger partial charge on any atom is -0.662 e. The van der Waals surface area contributed by atoms with Gasteiger partial charge in [-0.05, 0) is 11.1 Å². The molecule has 17 heavy (non-hydrogen) atoms. The molecule has 0 radical (unpaired) electrons. The van der Waals surface area contributed by atoms with Crippen LogP contribution in [-0.4, -0.2) is 4.98 Å². The first-order valence-electron chi connectivity index (χ1n) is 5.01. The van der Waals surface area contributed by atoms with E-state index in [2.05, 4.69) is 22.1 Å². The fourth-order valence-corrected chi connectivity index (χ4v) is 1.72. The van der Waals surface area contributed by atoms with Crippen molar-refractivity contribution in [1.82, 2.24) is 9.97 Å². The number of aromatic nitrogens is 2. The first kappa shape index (κ1) is 11.9. The summed E-state index contributed by atoms with van der Waals surface area (Å²) in [5.41, 5.74) is 3.84. The molecule has 3 rings (SSSR count). The molecule has 0 bridgehead atoms. The van der Waals surface area contributed by atoms with E-state index in [0.717, 1.165) is 22.5 Å². The summed E-state index contributed by atoms with van der Waals surface area (Å²) in [7, 11) is 0. The van der Waals surface area contributed by atoms with Gasteiger partial charge in [0.1, 0.15) is 6.26 Å². The van der Waals surface area contributed by atoms with Crippen molar-refractivity contribution in [2.75, 3.05) is 0 Å². The molecule has 0 saturated heterocycles. The summed E-state index contributed by atoms with van der Waals surface area (Å²) in [6, 6.07) is 12.1. The van der Waals surface area contributed by atoms with Gasteiger partial charge in [-0.15, -0.1) is 0 Å². The Labute approximate surface area is 113 Å². The predicted molar refractivity (Wildman–Crippen MR) is 60.7 cm³/mol. The molecule has 0 amide bonds. The molecule has 4 heteroatoms. The SMILES string of the molecule is [Pt].c1ccc(-c2cc[n-]c2-c2cocn2)cc1. The van der Waals surface area contributed by atoms with Gasteiger partial charge in [0.15, 0.2) is 6.39 Å². The van der Waals surface area contributed by atoms with E-state index < -0.39 is 0 Å². The Morgan fingerprint density at radius 2 is 1.88 bits per heavy atom. The zero-order valence-electron chi connectivity index (χ0n) is 8.82. The topological polar surface area (TPSA) is 40.1 Å². The second kappa shape index (κ2) is 5.15. The maximum atomic E-state index is 4.98. The summed E-state index contributed by atoms with van der Waals surface area (Å²) >= 11 is 0. The Morgan fingerprint density at radius 3 is 2.59 bits per heavy atom. The molecule has 0 unspecified atom stereocenters. The average Bonchev–Trinajstić information content (AvgIpc) is 3.01. The predicted octanol–water partition coefficient (Wildman–Crippen LogP) is 2.96. The van der Waals surface area contributed by atoms with Crippen molar-refractivity contribution in [3.8, 4) is 22.5 Å². The first-order valence-corrected chi connectivity index (χ1v) is 5.01. The van der Waals surface area contributed by atoms with E-state index in [1.165, 1.54) is 6.39 Å². The Balaban J connectivity index is 0.00000108. The Hall–Kier alpha value is -1.60. The smallest absolute Gasteiger partial charge is 0.180 e. The van der Waals surface area contributed by atoms with E-state index in [1.54, 1.807) is 12.5 Å². The fourth-order valence-electron chi connectivity index (χ4n) is 1.72. The third-order valence-corrected chi connectivity index (χ3v) is 2.46. The van der Waals surface area contributed by atoms with Crippen LogP contribution in [-0.2, 0) is 21.1 Å². The summed E-state index contributed by atoms with van der Waals surface area (Å²) in [5.74, 6) is 0. The summed E-state index contributed by atoms with van der Waals surface area (Å²) in [4.78, 5) is 8.43. The molecule has 0 aliphatic rings. The molecule has 1 aromatic carbocycles. The average molecular weight is 404 g/mol. The van der Waals surface area contributed by atoms with Crippen LogP contribution in [0.25, 0.3) is 22.5 Å². The zero-order valence-corrected chi connectivity index (χ0v) is 11.1. The van der Waals surface area contributed by atoms with Crippen LogP contribution in [0.15, 0.2) is 59.7 Å². The van der Waals surface area contributed by atoms with Crippen molar-refractivity contribution in [3.05, 3.63) is 55.3 Å². The molecule has 0 aliphatic heterocycles. The van der Waals surface area contributed by atoms with Crippen molar-refractivity contribution in [2.24, 2.45) is 0 Å². The molecule has 88 valence electrons. The van der Waals surface area contributed by atoms with Gasteiger partial charge in [0.25, 0.3) is 0 Å². The van der Waals surface area contributed by atoms with Gasteiger partial charge in [0.2, 0.25) is 0 Å². The molecular formula is C13H9N2OPt-. The fraction of sp³-hybridized carbons (Fsp3) is 0. The second-order valence-electron chi connectivity index (χ2n) is 3.45. The largest absolute Gasteiger partial charge is 0.662 e. The minimum absolute atomic E-state index is 0. The second-order valence-corrected chi connectivity index (χ2v) is 3.45. The van der Waals surface area contributed by atoms with E-state index in [-0.39, 0.29) is 21.1 Å². The Bertz CT molecular complexity index is 573. The number of rotatable bonds is 2. The van der Waals surface area contributed by atoms with Crippen LogP contribution in [0.2, 0.25) is 0 Å². The normalized spacial score (nSPS) is 9.88. The molecule has 2 heterocycles. The Kier molecular flexibility index (Phi) is 3.60. The number of hydrogen-bond donors (Lipinski definition) is 0. The van der Waals surface area contributed by atoms with Crippen molar-refractivity contribution in [2.45, 2.75) is 0 Å². The molecule has 0 saturated carbocycles. The van der Waals surface area contributed by atoms with Crippen LogP contribution < -0.4 is 4.98 Å². The van der Waals surface area contributed by atoms with E-state index >= 15 is 0 Å². The number of nitrogens with zero attached hydrogens (tertiary/aromatic N) is 2.